The van der Waals surface area contributed by atoms with Gasteiger partial charge in [-0.15, -0.1) is 11.3 Å². The maximum atomic E-state index is 5.69. The lowest BCUT2D eigenvalue weighted by atomic mass is 10.1. The Morgan fingerprint density at radius 2 is 2.00 bits per heavy atom. The minimum atomic E-state index is 0.406. The van der Waals surface area contributed by atoms with Crippen LogP contribution in [0.3, 0.4) is 0 Å². The van der Waals surface area contributed by atoms with Gasteiger partial charge in [-0.25, -0.2) is 0 Å². The number of rotatable bonds is 5. The summed E-state index contributed by atoms with van der Waals surface area (Å²) in [5.41, 5.74) is 7.62. The van der Waals surface area contributed by atoms with Gasteiger partial charge in [0.25, 0.3) is 0 Å². The third kappa shape index (κ3) is 3.24. The van der Waals surface area contributed by atoms with Crippen LogP contribution in [0.2, 0.25) is 0 Å². The Morgan fingerprint density at radius 3 is 2.59 bits per heavy atom. The number of hydrogen-bond donors (Lipinski definition) is 2. The molecule has 0 spiro atoms. The number of anilines is 2. The minimum absolute atomic E-state index is 0.406. The van der Waals surface area contributed by atoms with Crippen LogP contribution in [0.1, 0.15) is 30.7 Å². The van der Waals surface area contributed by atoms with E-state index in [4.69, 9.17) is 5.73 Å². The lowest BCUT2D eigenvalue weighted by Gasteiger charge is -2.18. The maximum Gasteiger partial charge on any atom is 0.0606 e. The fourth-order valence-corrected chi connectivity index (χ4v) is 2.66. The third-order valence-electron chi connectivity index (χ3n) is 2.72. The molecule has 1 unspecified atom stereocenters. The van der Waals surface area contributed by atoms with Gasteiger partial charge in [0.1, 0.15) is 0 Å². The highest BCUT2D eigenvalue weighted by Gasteiger charge is 2.10. The Morgan fingerprint density at radius 1 is 1.24 bits per heavy atom. The van der Waals surface area contributed by atoms with Crippen molar-refractivity contribution in [2.24, 2.45) is 0 Å². The Labute approximate surface area is 106 Å². The molecule has 0 amide bonds. The van der Waals surface area contributed by atoms with Gasteiger partial charge in [-0.2, -0.15) is 0 Å². The van der Waals surface area contributed by atoms with Crippen LogP contribution in [0.25, 0.3) is 0 Å². The number of benzene rings is 1. The molecule has 0 aliphatic carbocycles. The lowest BCUT2D eigenvalue weighted by molar-refractivity contribution is 0.688. The van der Waals surface area contributed by atoms with Gasteiger partial charge in [0, 0.05) is 16.3 Å². The van der Waals surface area contributed by atoms with Gasteiger partial charge in [-0.05, 0) is 42.1 Å². The Balaban J connectivity index is 2.10. The summed E-state index contributed by atoms with van der Waals surface area (Å²) in [7, 11) is 0. The van der Waals surface area contributed by atoms with Gasteiger partial charge in [0.15, 0.2) is 0 Å². The molecule has 0 aliphatic rings. The first-order valence-electron chi connectivity index (χ1n) is 5.95. The van der Waals surface area contributed by atoms with Crippen molar-refractivity contribution in [3.63, 3.8) is 0 Å². The third-order valence-corrected chi connectivity index (χ3v) is 3.70. The predicted molar refractivity (Wildman–Crippen MR) is 76.4 cm³/mol. The summed E-state index contributed by atoms with van der Waals surface area (Å²) in [4.78, 5) is 1.39. The molecule has 3 heteroatoms. The first-order valence-corrected chi connectivity index (χ1v) is 6.83. The van der Waals surface area contributed by atoms with Gasteiger partial charge in [0.05, 0.1) is 6.04 Å². The van der Waals surface area contributed by atoms with E-state index >= 15 is 0 Å². The Kier molecular flexibility index (Phi) is 4.04. The molecule has 2 aromatic rings. The summed E-state index contributed by atoms with van der Waals surface area (Å²) in [5, 5.41) is 5.69. The summed E-state index contributed by atoms with van der Waals surface area (Å²) in [6.07, 6.45) is 2.31. The van der Waals surface area contributed by atoms with E-state index in [2.05, 4.69) is 29.8 Å². The Bertz CT molecular complexity index is 434. The zero-order chi connectivity index (χ0) is 12.1. The van der Waals surface area contributed by atoms with Crippen LogP contribution >= 0.6 is 11.3 Å². The van der Waals surface area contributed by atoms with Gasteiger partial charge >= 0.3 is 0 Å². The molecule has 0 saturated heterocycles. The van der Waals surface area contributed by atoms with Gasteiger partial charge in [-0.1, -0.05) is 19.4 Å². The van der Waals surface area contributed by atoms with Crippen LogP contribution in [0.4, 0.5) is 11.4 Å². The van der Waals surface area contributed by atoms with E-state index in [0.29, 0.717) is 6.04 Å². The zero-order valence-electron chi connectivity index (χ0n) is 10.0. The number of nitrogens with two attached hydrogens (primary N) is 1. The lowest BCUT2D eigenvalue weighted by Crippen LogP contribution is -2.08. The highest BCUT2D eigenvalue weighted by molar-refractivity contribution is 7.10. The smallest absolute Gasteiger partial charge is 0.0606 e. The van der Waals surface area contributed by atoms with Crippen LogP contribution in [-0.4, -0.2) is 0 Å². The number of nitrogen functional groups attached to an aromatic ring is 1. The predicted octanol–water partition coefficient (Wildman–Crippen LogP) is 4.28. The molecule has 0 aliphatic heterocycles. The van der Waals surface area contributed by atoms with Crippen molar-refractivity contribution >= 4 is 22.7 Å². The second-order valence-corrected chi connectivity index (χ2v) is 5.10. The molecular weight excluding hydrogens is 228 g/mol. The first-order chi connectivity index (χ1) is 8.29. The molecule has 2 rings (SSSR count). The molecule has 17 heavy (non-hydrogen) atoms. The van der Waals surface area contributed by atoms with Crippen LogP contribution in [0, 0.1) is 0 Å². The van der Waals surface area contributed by atoms with E-state index in [9.17, 15) is 0 Å². The van der Waals surface area contributed by atoms with Gasteiger partial charge in [0.2, 0.25) is 0 Å². The second kappa shape index (κ2) is 5.73. The molecule has 0 saturated carbocycles. The van der Waals surface area contributed by atoms with Crippen molar-refractivity contribution in [2.45, 2.75) is 25.8 Å². The molecule has 1 atom stereocenters. The van der Waals surface area contributed by atoms with E-state index in [-0.39, 0.29) is 0 Å². The average molecular weight is 246 g/mol. The molecule has 90 valence electrons. The molecule has 0 fully saturated rings. The van der Waals surface area contributed by atoms with Crippen molar-refractivity contribution < 1.29 is 0 Å². The summed E-state index contributed by atoms with van der Waals surface area (Å²) < 4.78 is 0. The van der Waals surface area contributed by atoms with Crippen molar-refractivity contribution in [1.82, 2.24) is 0 Å². The molecule has 0 radical (unpaired) electrons. The molecule has 1 aromatic heterocycles. The summed E-state index contributed by atoms with van der Waals surface area (Å²) in [6, 6.07) is 12.6. The van der Waals surface area contributed by atoms with Gasteiger partial charge in [-0.3, -0.25) is 0 Å². The number of thiophene rings is 1. The van der Waals surface area contributed by atoms with Crippen molar-refractivity contribution in [2.75, 3.05) is 11.1 Å². The number of hydrogen-bond acceptors (Lipinski definition) is 3. The molecule has 3 N–H and O–H groups in total. The highest BCUT2D eigenvalue weighted by atomic mass is 32.1. The maximum absolute atomic E-state index is 5.69. The normalized spacial score (nSPS) is 12.3. The molecule has 1 aromatic carbocycles. The zero-order valence-corrected chi connectivity index (χ0v) is 10.8. The van der Waals surface area contributed by atoms with Crippen molar-refractivity contribution in [1.29, 1.82) is 0 Å². The first kappa shape index (κ1) is 12.0. The largest absolute Gasteiger partial charge is 0.399 e. The topological polar surface area (TPSA) is 38.0 Å². The average Bonchev–Trinajstić information content (AvgIpc) is 2.85. The van der Waals surface area contributed by atoms with Crippen LogP contribution in [0.5, 0.6) is 0 Å². The standard InChI is InChI=1S/C14H18N2S/c1-2-4-13(14-5-3-10-17-14)16-12-8-6-11(15)7-9-12/h3,5-10,13,16H,2,4,15H2,1H3. The van der Waals surface area contributed by atoms with E-state index in [1.54, 1.807) is 11.3 Å². The van der Waals surface area contributed by atoms with Crippen LogP contribution in [-0.2, 0) is 0 Å². The van der Waals surface area contributed by atoms with Gasteiger partial charge < -0.3 is 11.1 Å². The van der Waals surface area contributed by atoms with E-state index in [1.165, 1.54) is 11.3 Å². The molecule has 2 nitrogen and oxygen atoms in total. The minimum Gasteiger partial charge on any atom is -0.399 e. The van der Waals surface area contributed by atoms with E-state index in [1.807, 2.05) is 24.3 Å². The van der Waals surface area contributed by atoms with Crippen LogP contribution < -0.4 is 11.1 Å². The Hall–Kier alpha value is -1.48. The second-order valence-electron chi connectivity index (χ2n) is 4.12. The van der Waals surface area contributed by atoms with Crippen molar-refractivity contribution in [3.8, 4) is 0 Å². The SMILES string of the molecule is CCCC(Nc1ccc(N)cc1)c1cccs1. The van der Waals surface area contributed by atoms with Crippen LogP contribution in [0.15, 0.2) is 41.8 Å². The van der Waals surface area contributed by atoms with Crippen molar-refractivity contribution in [3.05, 3.63) is 46.7 Å². The monoisotopic (exact) mass is 246 g/mol. The van der Waals surface area contributed by atoms with E-state index < -0.39 is 0 Å². The van der Waals surface area contributed by atoms with E-state index in [0.717, 1.165) is 17.8 Å². The highest BCUT2D eigenvalue weighted by Crippen LogP contribution is 2.27. The molecular formula is C14H18N2S. The molecule has 0 bridgehead atoms. The summed E-state index contributed by atoms with van der Waals surface area (Å²) in [5.74, 6) is 0. The molecule has 1 heterocycles. The fourth-order valence-electron chi connectivity index (χ4n) is 1.84. The fraction of sp³-hybridized carbons (Fsp3) is 0.286. The number of nitrogens with one attached hydrogen (secondary N) is 1. The summed E-state index contributed by atoms with van der Waals surface area (Å²) >= 11 is 1.81. The quantitative estimate of drug-likeness (QED) is 0.773. The summed E-state index contributed by atoms with van der Waals surface area (Å²) in [6.45, 7) is 2.21.